The lowest BCUT2D eigenvalue weighted by Crippen LogP contribution is -2.32. The molecule has 0 aromatic heterocycles. The number of para-hydroxylation sites is 1. The van der Waals surface area contributed by atoms with Crippen LogP contribution < -0.4 is 14.8 Å². The van der Waals surface area contributed by atoms with E-state index in [2.05, 4.69) is 5.32 Å². The lowest BCUT2D eigenvalue weighted by atomic mass is 10.1. The van der Waals surface area contributed by atoms with Crippen molar-refractivity contribution in [3.05, 3.63) is 59.7 Å². The summed E-state index contributed by atoms with van der Waals surface area (Å²) in [7, 11) is -2.45. The molecule has 174 valence electrons. The van der Waals surface area contributed by atoms with E-state index in [4.69, 9.17) is 14.2 Å². The fourth-order valence-electron chi connectivity index (χ4n) is 2.67. The largest absolute Gasteiger partial charge is 0.490 e. The zero-order valence-corrected chi connectivity index (χ0v) is 19.1. The zero-order valence-electron chi connectivity index (χ0n) is 18.3. The first-order valence-electron chi connectivity index (χ1n) is 10.0. The van der Waals surface area contributed by atoms with E-state index in [1.165, 1.54) is 12.1 Å². The van der Waals surface area contributed by atoms with Gasteiger partial charge >= 0.3 is 6.09 Å². The molecule has 0 heterocycles. The lowest BCUT2D eigenvalue weighted by Gasteiger charge is -2.12. The molecule has 32 heavy (non-hydrogen) atoms. The number of methoxy groups -OCH3 is 1. The highest BCUT2D eigenvalue weighted by atomic mass is 32.2. The Kier molecular flexibility index (Phi) is 9.48. The van der Waals surface area contributed by atoms with Crippen LogP contribution in [0.1, 0.15) is 29.8 Å². The van der Waals surface area contributed by atoms with Crippen LogP contribution in [0.2, 0.25) is 0 Å². The topological polar surface area (TPSA) is 120 Å². The van der Waals surface area contributed by atoms with Crippen molar-refractivity contribution in [3.63, 3.8) is 0 Å². The van der Waals surface area contributed by atoms with Gasteiger partial charge in [0.25, 0.3) is 15.9 Å². The third-order valence-corrected chi connectivity index (χ3v) is 5.50. The molecule has 0 bridgehead atoms. The number of carbonyl (C=O) groups is 2. The highest BCUT2D eigenvalue weighted by molar-refractivity contribution is 7.90. The standard InChI is InChI=1S/C22H28N2O7S/c1-16(2)31-22(26)24-32(27,28)18-10-8-17(9-11-18)12-13-23-21(25)19-6-4-5-7-20(19)30-15-14-29-3/h4-11,16H,12-15H2,1-3H3,(H,23,25)(H,24,26). The van der Waals surface area contributed by atoms with Crippen molar-refractivity contribution in [2.24, 2.45) is 0 Å². The summed E-state index contributed by atoms with van der Waals surface area (Å²) in [5.74, 6) is 0.199. The van der Waals surface area contributed by atoms with Crippen molar-refractivity contribution in [3.8, 4) is 5.75 Å². The Morgan fingerprint density at radius 1 is 1.00 bits per heavy atom. The fourth-order valence-corrected chi connectivity index (χ4v) is 3.55. The van der Waals surface area contributed by atoms with Gasteiger partial charge in [0.15, 0.2) is 0 Å². The fraction of sp³-hybridized carbons (Fsp3) is 0.364. The highest BCUT2D eigenvalue weighted by Crippen LogP contribution is 2.18. The molecule has 0 fully saturated rings. The van der Waals surface area contributed by atoms with E-state index in [0.29, 0.717) is 37.5 Å². The Morgan fingerprint density at radius 2 is 1.69 bits per heavy atom. The SMILES string of the molecule is COCCOc1ccccc1C(=O)NCCc1ccc(S(=O)(=O)NC(=O)OC(C)C)cc1. The third kappa shape index (κ3) is 7.86. The quantitative estimate of drug-likeness (QED) is 0.490. The smallest absolute Gasteiger partial charge is 0.421 e. The highest BCUT2D eigenvalue weighted by Gasteiger charge is 2.19. The summed E-state index contributed by atoms with van der Waals surface area (Å²) < 4.78 is 41.6. The molecule has 0 aliphatic heterocycles. The van der Waals surface area contributed by atoms with Gasteiger partial charge in [-0.2, -0.15) is 0 Å². The summed E-state index contributed by atoms with van der Waals surface area (Å²) in [6.45, 7) is 4.33. The van der Waals surface area contributed by atoms with Gasteiger partial charge in [-0.05, 0) is 50.1 Å². The molecule has 0 aliphatic rings. The molecule has 2 aromatic carbocycles. The molecule has 10 heteroatoms. The number of hydrogen-bond acceptors (Lipinski definition) is 7. The Balaban J connectivity index is 1.90. The zero-order chi connectivity index (χ0) is 23.6. The molecular formula is C22H28N2O7S. The molecule has 2 N–H and O–H groups in total. The molecule has 0 unspecified atom stereocenters. The molecule has 0 radical (unpaired) electrons. The van der Waals surface area contributed by atoms with Crippen molar-refractivity contribution in [2.45, 2.75) is 31.3 Å². The summed E-state index contributed by atoms with van der Waals surface area (Å²) in [5.41, 5.74) is 1.24. The van der Waals surface area contributed by atoms with Crippen LogP contribution in [0.5, 0.6) is 5.75 Å². The second kappa shape index (κ2) is 12.1. The van der Waals surface area contributed by atoms with Crippen molar-refractivity contribution in [1.82, 2.24) is 10.0 Å². The predicted molar refractivity (Wildman–Crippen MR) is 118 cm³/mol. The number of benzene rings is 2. The molecule has 9 nitrogen and oxygen atoms in total. The first kappa shape index (κ1) is 25.2. The number of nitrogens with one attached hydrogen (secondary N) is 2. The first-order valence-corrected chi connectivity index (χ1v) is 11.5. The normalized spacial score (nSPS) is 11.1. The second-order valence-corrected chi connectivity index (χ2v) is 8.73. The van der Waals surface area contributed by atoms with Gasteiger partial charge in [0.1, 0.15) is 12.4 Å². The molecule has 0 saturated heterocycles. The van der Waals surface area contributed by atoms with Gasteiger partial charge in [-0.3, -0.25) is 4.79 Å². The van der Waals surface area contributed by atoms with Gasteiger partial charge in [0, 0.05) is 13.7 Å². The number of sulfonamides is 1. The van der Waals surface area contributed by atoms with E-state index in [-0.39, 0.29) is 10.8 Å². The average molecular weight is 465 g/mol. The second-order valence-electron chi connectivity index (χ2n) is 7.05. The van der Waals surface area contributed by atoms with Crippen LogP contribution in [0.4, 0.5) is 4.79 Å². The summed E-state index contributed by atoms with van der Waals surface area (Å²) in [5, 5.41) is 2.83. The summed E-state index contributed by atoms with van der Waals surface area (Å²) >= 11 is 0. The van der Waals surface area contributed by atoms with Crippen LogP contribution in [0.15, 0.2) is 53.4 Å². The van der Waals surface area contributed by atoms with Crippen molar-refractivity contribution in [2.75, 3.05) is 26.9 Å². The minimum absolute atomic E-state index is 0.0619. The Morgan fingerprint density at radius 3 is 2.34 bits per heavy atom. The maximum atomic E-state index is 12.5. The molecule has 2 aromatic rings. The summed E-state index contributed by atoms with van der Waals surface area (Å²) in [4.78, 5) is 24.0. The van der Waals surface area contributed by atoms with Gasteiger partial charge < -0.3 is 19.5 Å². The summed E-state index contributed by atoms with van der Waals surface area (Å²) in [6, 6.07) is 13.0. The molecule has 0 atom stereocenters. The Labute approximate surface area is 188 Å². The monoisotopic (exact) mass is 464 g/mol. The molecule has 0 spiro atoms. The Hall–Kier alpha value is -3.11. The lowest BCUT2D eigenvalue weighted by molar-refractivity contribution is 0.0946. The van der Waals surface area contributed by atoms with Crippen LogP contribution in [0, 0.1) is 0 Å². The number of rotatable bonds is 11. The molecule has 0 saturated carbocycles. The van der Waals surface area contributed by atoms with Crippen LogP contribution >= 0.6 is 0 Å². The van der Waals surface area contributed by atoms with Crippen LogP contribution in [0.3, 0.4) is 0 Å². The molecule has 2 amide bonds. The number of ether oxygens (including phenoxy) is 3. The first-order chi connectivity index (χ1) is 15.2. The van der Waals surface area contributed by atoms with E-state index in [0.717, 1.165) is 5.56 Å². The van der Waals surface area contributed by atoms with Gasteiger partial charge in [-0.1, -0.05) is 24.3 Å². The van der Waals surface area contributed by atoms with Crippen molar-refractivity contribution >= 4 is 22.0 Å². The van der Waals surface area contributed by atoms with E-state index >= 15 is 0 Å². The van der Waals surface area contributed by atoms with E-state index < -0.39 is 22.2 Å². The number of amides is 2. The predicted octanol–water partition coefficient (Wildman–Crippen LogP) is 2.51. The van der Waals surface area contributed by atoms with Gasteiger partial charge in [-0.15, -0.1) is 0 Å². The van der Waals surface area contributed by atoms with Gasteiger partial charge in [0.05, 0.1) is 23.2 Å². The van der Waals surface area contributed by atoms with Crippen LogP contribution in [-0.4, -0.2) is 53.4 Å². The van der Waals surface area contributed by atoms with E-state index in [1.54, 1.807) is 57.4 Å². The third-order valence-electron chi connectivity index (χ3n) is 4.17. The van der Waals surface area contributed by atoms with Gasteiger partial charge in [-0.25, -0.2) is 17.9 Å². The maximum absolute atomic E-state index is 12.5. The van der Waals surface area contributed by atoms with E-state index in [1.807, 2.05) is 4.72 Å². The minimum atomic E-state index is -4.02. The molecule has 2 rings (SSSR count). The van der Waals surface area contributed by atoms with Crippen molar-refractivity contribution < 1.29 is 32.2 Å². The Bertz CT molecular complexity index is 1010. The number of hydrogen-bond donors (Lipinski definition) is 2. The van der Waals surface area contributed by atoms with Crippen LogP contribution in [0.25, 0.3) is 0 Å². The molecule has 0 aliphatic carbocycles. The minimum Gasteiger partial charge on any atom is -0.490 e. The van der Waals surface area contributed by atoms with E-state index in [9.17, 15) is 18.0 Å². The average Bonchev–Trinajstić information content (AvgIpc) is 2.73. The van der Waals surface area contributed by atoms with Crippen LogP contribution in [-0.2, 0) is 25.9 Å². The summed E-state index contributed by atoms with van der Waals surface area (Å²) in [6.07, 6.45) is -0.980. The van der Waals surface area contributed by atoms with Gasteiger partial charge in [0.2, 0.25) is 0 Å². The van der Waals surface area contributed by atoms with Crippen molar-refractivity contribution in [1.29, 1.82) is 0 Å². The maximum Gasteiger partial charge on any atom is 0.421 e. The number of carbonyl (C=O) groups excluding carboxylic acids is 2. The molecular weight excluding hydrogens is 436 g/mol.